The van der Waals surface area contributed by atoms with Gasteiger partial charge in [0.2, 0.25) is 0 Å². The normalized spacial score (nSPS) is 17.2. The van der Waals surface area contributed by atoms with Crippen molar-refractivity contribution < 1.29 is 5.11 Å². The van der Waals surface area contributed by atoms with Gasteiger partial charge >= 0.3 is 0 Å². The molecule has 1 heteroatoms. The summed E-state index contributed by atoms with van der Waals surface area (Å²) in [5.41, 5.74) is 1.24. The summed E-state index contributed by atoms with van der Waals surface area (Å²) < 4.78 is 0. The van der Waals surface area contributed by atoms with Crippen LogP contribution in [0.15, 0.2) is 18.2 Å². The third-order valence-electron chi connectivity index (χ3n) is 1.84. The first kappa shape index (κ1) is 5.78. The van der Waals surface area contributed by atoms with E-state index in [4.69, 9.17) is 5.11 Å². The molecular weight excluding hydrogens is 124 g/mol. The van der Waals surface area contributed by atoms with Gasteiger partial charge in [-0.05, 0) is 42.5 Å². The van der Waals surface area contributed by atoms with E-state index in [2.05, 4.69) is 6.07 Å². The van der Waals surface area contributed by atoms with Crippen LogP contribution < -0.4 is 0 Å². The molecule has 1 fully saturated rings. The van der Waals surface area contributed by atoms with Crippen LogP contribution in [0.25, 0.3) is 0 Å². The summed E-state index contributed by atoms with van der Waals surface area (Å²) in [5, 5.41) is 9.06. The Morgan fingerprint density at radius 3 is 2.80 bits per heavy atom. The lowest BCUT2D eigenvalue weighted by molar-refractivity contribution is 0.474. The number of aromatic hydroxyl groups is 1. The molecule has 1 nitrogen and oxygen atoms in total. The van der Waals surface area contributed by atoms with Crippen molar-refractivity contribution in [1.82, 2.24) is 0 Å². The van der Waals surface area contributed by atoms with Crippen molar-refractivity contribution in [2.45, 2.75) is 18.8 Å². The second kappa shape index (κ2) is 2.01. The van der Waals surface area contributed by atoms with E-state index in [9.17, 15) is 0 Å². The average Bonchev–Trinajstić information content (AvgIpc) is 2.68. The van der Waals surface area contributed by atoms with E-state index >= 15 is 0 Å². The SMILES string of the molecule is Oc1c[c]cc(C2CC2)c1. The Bertz CT molecular complexity index is 238. The highest BCUT2D eigenvalue weighted by Gasteiger charge is 2.23. The largest absolute Gasteiger partial charge is 0.508 e. The zero-order valence-corrected chi connectivity index (χ0v) is 5.67. The smallest absolute Gasteiger partial charge is 0.116 e. The number of phenolic OH excluding ortho intramolecular Hbond substituents is 1. The van der Waals surface area contributed by atoms with E-state index < -0.39 is 0 Å². The lowest BCUT2D eigenvalue weighted by atomic mass is 10.1. The minimum absolute atomic E-state index is 0.337. The predicted octanol–water partition coefficient (Wildman–Crippen LogP) is 2.07. The van der Waals surface area contributed by atoms with Gasteiger partial charge in [0, 0.05) is 0 Å². The van der Waals surface area contributed by atoms with Crippen molar-refractivity contribution in [1.29, 1.82) is 0 Å². The summed E-state index contributed by atoms with van der Waals surface area (Å²) >= 11 is 0. The van der Waals surface area contributed by atoms with Crippen LogP contribution in [-0.4, -0.2) is 5.11 Å². The molecule has 1 radical (unpaired) electrons. The van der Waals surface area contributed by atoms with Gasteiger partial charge in [-0.3, -0.25) is 0 Å². The van der Waals surface area contributed by atoms with Gasteiger partial charge < -0.3 is 5.11 Å². The Balaban J connectivity index is 2.32. The summed E-state index contributed by atoms with van der Waals surface area (Å²) in [5.74, 6) is 1.05. The maximum Gasteiger partial charge on any atom is 0.116 e. The van der Waals surface area contributed by atoms with Gasteiger partial charge in [0.25, 0.3) is 0 Å². The third-order valence-corrected chi connectivity index (χ3v) is 1.84. The third kappa shape index (κ3) is 0.991. The Hall–Kier alpha value is -0.980. The lowest BCUT2D eigenvalue weighted by Crippen LogP contribution is -1.76. The number of hydrogen-bond acceptors (Lipinski definition) is 1. The molecule has 51 valence electrons. The maximum atomic E-state index is 9.06. The van der Waals surface area contributed by atoms with Gasteiger partial charge in [-0.2, -0.15) is 0 Å². The first-order valence-corrected chi connectivity index (χ1v) is 3.56. The summed E-state index contributed by atoms with van der Waals surface area (Å²) in [6.45, 7) is 0. The van der Waals surface area contributed by atoms with Crippen LogP contribution >= 0.6 is 0 Å². The molecular formula is C9H9O. The predicted molar refractivity (Wildman–Crippen MR) is 38.9 cm³/mol. The average molecular weight is 133 g/mol. The summed E-state index contributed by atoms with van der Waals surface area (Å²) in [6.07, 6.45) is 2.55. The van der Waals surface area contributed by atoms with Gasteiger partial charge in [0.15, 0.2) is 0 Å². The topological polar surface area (TPSA) is 20.2 Å². The molecule has 1 aromatic rings. The lowest BCUT2D eigenvalue weighted by Gasteiger charge is -1.95. The first-order valence-electron chi connectivity index (χ1n) is 3.56. The molecule has 2 rings (SSSR count). The molecule has 0 amide bonds. The molecule has 0 aliphatic heterocycles. The molecule has 1 aliphatic rings. The molecule has 1 saturated carbocycles. The van der Waals surface area contributed by atoms with E-state index in [0.717, 1.165) is 0 Å². The van der Waals surface area contributed by atoms with E-state index in [1.54, 1.807) is 6.07 Å². The van der Waals surface area contributed by atoms with Gasteiger partial charge in [-0.1, -0.05) is 6.07 Å². The standard InChI is InChI=1S/C9H9O/c10-9-3-1-2-8(6-9)7-4-5-7/h2-3,6-7,10H,4-5H2. The van der Waals surface area contributed by atoms with Crippen LogP contribution in [0.2, 0.25) is 0 Å². The van der Waals surface area contributed by atoms with Crippen LogP contribution in [0.4, 0.5) is 0 Å². The number of hydrogen-bond donors (Lipinski definition) is 1. The van der Waals surface area contributed by atoms with E-state index in [0.29, 0.717) is 11.7 Å². The summed E-state index contributed by atoms with van der Waals surface area (Å²) in [6, 6.07) is 8.27. The Kier molecular flexibility index (Phi) is 1.16. The molecule has 1 N–H and O–H groups in total. The van der Waals surface area contributed by atoms with Gasteiger partial charge in [0.1, 0.15) is 5.75 Å². The van der Waals surface area contributed by atoms with E-state index in [1.807, 2.05) is 12.1 Å². The zero-order valence-electron chi connectivity index (χ0n) is 5.67. The Labute approximate surface area is 60.3 Å². The fraction of sp³-hybridized carbons (Fsp3) is 0.333. The minimum Gasteiger partial charge on any atom is -0.508 e. The second-order valence-corrected chi connectivity index (χ2v) is 2.80. The van der Waals surface area contributed by atoms with Crippen LogP contribution in [-0.2, 0) is 0 Å². The van der Waals surface area contributed by atoms with E-state index in [-0.39, 0.29) is 0 Å². The molecule has 0 bridgehead atoms. The van der Waals surface area contributed by atoms with Crippen molar-refractivity contribution in [3.05, 3.63) is 29.8 Å². The summed E-state index contributed by atoms with van der Waals surface area (Å²) in [7, 11) is 0. The Morgan fingerprint density at radius 1 is 1.40 bits per heavy atom. The van der Waals surface area contributed by atoms with Gasteiger partial charge in [0.05, 0.1) is 0 Å². The highest BCUT2D eigenvalue weighted by atomic mass is 16.3. The number of rotatable bonds is 1. The molecule has 0 spiro atoms. The molecule has 0 unspecified atom stereocenters. The molecule has 0 heterocycles. The first-order chi connectivity index (χ1) is 4.86. The highest BCUT2D eigenvalue weighted by molar-refractivity contribution is 5.31. The number of benzene rings is 1. The minimum atomic E-state index is 0.337. The van der Waals surface area contributed by atoms with Gasteiger partial charge in [-0.25, -0.2) is 0 Å². The number of phenols is 1. The van der Waals surface area contributed by atoms with Crippen molar-refractivity contribution in [2.24, 2.45) is 0 Å². The highest BCUT2D eigenvalue weighted by Crippen LogP contribution is 2.40. The van der Waals surface area contributed by atoms with Gasteiger partial charge in [-0.15, -0.1) is 0 Å². The van der Waals surface area contributed by atoms with E-state index in [1.165, 1.54) is 18.4 Å². The molecule has 0 saturated heterocycles. The quantitative estimate of drug-likeness (QED) is 0.621. The fourth-order valence-electron chi connectivity index (χ4n) is 1.13. The van der Waals surface area contributed by atoms with Crippen molar-refractivity contribution >= 4 is 0 Å². The monoisotopic (exact) mass is 133 g/mol. The molecule has 0 atom stereocenters. The van der Waals surface area contributed by atoms with Crippen LogP contribution in [0.1, 0.15) is 24.3 Å². The Morgan fingerprint density at radius 2 is 2.20 bits per heavy atom. The fourth-order valence-corrected chi connectivity index (χ4v) is 1.13. The van der Waals surface area contributed by atoms with Crippen LogP contribution in [0, 0.1) is 6.07 Å². The molecule has 1 aliphatic carbocycles. The zero-order chi connectivity index (χ0) is 6.97. The van der Waals surface area contributed by atoms with Crippen molar-refractivity contribution in [3.8, 4) is 5.75 Å². The molecule has 10 heavy (non-hydrogen) atoms. The maximum absolute atomic E-state index is 9.06. The molecule has 0 aromatic heterocycles. The van der Waals surface area contributed by atoms with Crippen molar-refractivity contribution in [2.75, 3.05) is 0 Å². The molecule has 1 aromatic carbocycles. The second-order valence-electron chi connectivity index (χ2n) is 2.80. The summed E-state index contributed by atoms with van der Waals surface area (Å²) in [4.78, 5) is 0. The van der Waals surface area contributed by atoms with Crippen molar-refractivity contribution in [3.63, 3.8) is 0 Å². The van der Waals surface area contributed by atoms with Crippen LogP contribution in [0.3, 0.4) is 0 Å². The van der Waals surface area contributed by atoms with Crippen LogP contribution in [0.5, 0.6) is 5.75 Å².